The van der Waals surface area contributed by atoms with Gasteiger partial charge in [0.2, 0.25) is 0 Å². The van der Waals surface area contributed by atoms with E-state index in [2.05, 4.69) is 32.6 Å². The lowest BCUT2D eigenvalue weighted by molar-refractivity contribution is -0.117. The summed E-state index contributed by atoms with van der Waals surface area (Å²) in [4.78, 5) is 13.9. The van der Waals surface area contributed by atoms with Crippen LogP contribution in [0, 0.1) is 11.3 Å². The molecule has 0 aromatic carbocycles. The molecule has 0 aromatic rings. The second-order valence-corrected chi connectivity index (χ2v) is 6.72. The van der Waals surface area contributed by atoms with E-state index < -0.39 is 0 Å². The Morgan fingerprint density at radius 1 is 1.33 bits per heavy atom. The molecule has 0 aliphatic heterocycles. The SMILES string of the molecule is CCC(C)(C=O)CN(CCC(C)C)C1CCCC1. The maximum Gasteiger partial charge on any atom is 0.127 e. The van der Waals surface area contributed by atoms with Gasteiger partial charge in [-0.3, -0.25) is 4.90 Å². The van der Waals surface area contributed by atoms with Crippen LogP contribution in [0.2, 0.25) is 0 Å². The second kappa shape index (κ2) is 7.28. The molecule has 1 atom stereocenters. The van der Waals surface area contributed by atoms with Gasteiger partial charge in [0.1, 0.15) is 6.29 Å². The zero-order valence-corrected chi connectivity index (χ0v) is 12.7. The largest absolute Gasteiger partial charge is 0.303 e. The first-order chi connectivity index (χ1) is 8.50. The van der Waals surface area contributed by atoms with Crippen LogP contribution in [0.15, 0.2) is 0 Å². The van der Waals surface area contributed by atoms with Crippen molar-refractivity contribution in [3.63, 3.8) is 0 Å². The first-order valence-corrected chi connectivity index (χ1v) is 7.71. The van der Waals surface area contributed by atoms with Gasteiger partial charge in [-0.1, -0.05) is 40.5 Å². The summed E-state index contributed by atoms with van der Waals surface area (Å²) in [5, 5.41) is 0. The van der Waals surface area contributed by atoms with Crippen LogP contribution in [0.5, 0.6) is 0 Å². The van der Waals surface area contributed by atoms with Gasteiger partial charge in [-0.15, -0.1) is 0 Å². The summed E-state index contributed by atoms with van der Waals surface area (Å²) >= 11 is 0. The minimum atomic E-state index is -0.153. The predicted molar refractivity (Wildman–Crippen MR) is 77.7 cm³/mol. The summed E-state index contributed by atoms with van der Waals surface area (Å²) in [6, 6.07) is 0.731. The van der Waals surface area contributed by atoms with Gasteiger partial charge in [0.05, 0.1) is 0 Å². The number of nitrogens with zero attached hydrogens (tertiary/aromatic N) is 1. The average Bonchev–Trinajstić information content (AvgIpc) is 2.87. The molecule has 0 amide bonds. The van der Waals surface area contributed by atoms with E-state index >= 15 is 0 Å². The highest BCUT2D eigenvalue weighted by Crippen LogP contribution is 2.28. The molecule has 0 bridgehead atoms. The Balaban J connectivity index is 2.60. The lowest BCUT2D eigenvalue weighted by atomic mass is 9.88. The van der Waals surface area contributed by atoms with E-state index in [0.29, 0.717) is 0 Å². The van der Waals surface area contributed by atoms with Gasteiger partial charge in [0.15, 0.2) is 0 Å². The number of hydrogen-bond acceptors (Lipinski definition) is 2. The smallest absolute Gasteiger partial charge is 0.127 e. The molecule has 1 rings (SSSR count). The molecule has 1 aliphatic carbocycles. The zero-order chi connectivity index (χ0) is 13.6. The van der Waals surface area contributed by atoms with E-state index in [1.165, 1.54) is 38.4 Å². The Kier molecular flexibility index (Phi) is 6.34. The summed E-state index contributed by atoms with van der Waals surface area (Å²) in [7, 11) is 0. The van der Waals surface area contributed by atoms with Gasteiger partial charge < -0.3 is 4.79 Å². The van der Waals surface area contributed by atoms with Crippen molar-refractivity contribution in [2.75, 3.05) is 13.1 Å². The maximum atomic E-state index is 11.3. The van der Waals surface area contributed by atoms with Crippen LogP contribution >= 0.6 is 0 Å². The molecule has 1 fully saturated rings. The standard InChI is InChI=1S/C16H31NO/c1-5-16(4,13-18)12-17(11-10-14(2)3)15-8-6-7-9-15/h13-15H,5-12H2,1-4H3. The molecule has 18 heavy (non-hydrogen) atoms. The fourth-order valence-corrected chi connectivity index (χ4v) is 2.78. The van der Waals surface area contributed by atoms with E-state index in [0.717, 1.165) is 31.5 Å². The molecule has 0 radical (unpaired) electrons. The van der Waals surface area contributed by atoms with Gasteiger partial charge >= 0.3 is 0 Å². The predicted octanol–water partition coefficient (Wildman–Crippen LogP) is 3.89. The molecule has 1 saturated carbocycles. The summed E-state index contributed by atoms with van der Waals surface area (Å²) in [6.07, 6.45) is 8.76. The Bertz CT molecular complexity index is 245. The molecule has 0 heterocycles. The minimum absolute atomic E-state index is 0.153. The molecule has 1 aliphatic rings. The Labute approximate surface area is 113 Å². The highest BCUT2D eigenvalue weighted by molar-refractivity contribution is 5.58. The summed E-state index contributed by atoms with van der Waals surface area (Å²) < 4.78 is 0. The third-order valence-electron chi connectivity index (χ3n) is 4.49. The van der Waals surface area contributed by atoms with Crippen molar-refractivity contribution in [2.24, 2.45) is 11.3 Å². The summed E-state index contributed by atoms with van der Waals surface area (Å²) in [5.41, 5.74) is -0.153. The lowest BCUT2D eigenvalue weighted by Crippen LogP contribution is -2.42. The number of carbonyl (C=O) groups excluding carboxylic acids is 1. The van der Waals surface area contributed by atoms with E-state index in [4.69, 9.17) is 0 Å². The van der Waals surface area contributed by atoms with E-state index in [-0.39, 0.29) is 5.41 Å². The number of hydrogen-bond donors (Lipinski definition) is 0. The highest BCUT2D eigenvalue weighted by Gasteiger charge is 2.30. The third-order valence-corrected chi connectivity index (χ3v) is 4.49. The van der Waals surface area contributed by atoms with Gasteiger partial charge in [-0.25, -0.2) is 0 Å². The number of carbonyl (C=O) groups is 1. The van der Waals surface area contributed by atoms with Crippen molar-refractivity contribution in [1.29, 1.82) is 0 Å². The molecule has 1 unspecified atom stereocenters. The van der Waals surface area contributed by atoms with Crippen LogP contribution in [0.3, 0.4) is 0 Å². The lowest BCUT2D eigenvalue weighted by Gasteiger charge is -2.35. The van der Waals surface area contributed by atoms with Crippen LogP contribution in [-0.2, 0) is 4.79 Å². The van der Waals surface area contributed by atoms with Crippen molar-refractivity contribution in [2.45, 2.75) is 72.3 Å². The van der Waals surface area contributed by atoms with Gasteiger partial charge in [-0.2, -0.15) is 0 Å². The van der Waals surface area contributed by atoms with Crippen molar-refractivity contribution in [3.8, 4) is 0 Å². The molecule has 106 valence electrons. The molecule has 0 aromatic heterocycles. The molecule has 0 spiro atoms. The Morgan fingerprint density at radius 3 is 2.39 bits per heavy atom. The van der Waals surface area contributed by atoms with Crippen molar-refractivity contribution >= 4 is 6.29 Å². The highest BCUT2D eigenvalue weighted by atomic mass is 16.1. The average molecular weight is 253 g/mol. The normalized spacial score (nSPS) is 20.6. The van der Waals surface area contributed by atoms with E-state index in [1.807, 2.05) is 0 Å². The first kappa shape index (κ1) is 15.7. The van der Waals surface area contributed by atoms with E-state index in [1.54, 1.807) is 0 Å². The quantitative estimate of drug-likeness (QED) is 0.612. The van der Waals surface area contributed by atoms with Crippen LogP contribution < -0.4 is 0 Å². The molecular weight excluding hydrogens is 222 g/mol. The second-order valence-electron chi connectivity index (χ2n) is 6.72. The van der Waals surface area contributed by atoms with Crippen LogP contribution in [0.25, 0.3) is 0 Å². The molecule has 0 N–H and O–H groups in total. The van der Waals surface area contributed by atoms with Crippen molar-refractivity contribution < 1.29 is 4.79 Å². The summed E-state index contributed by atoms with van der Waals surface area (Å²) in [6.45, 7) is 10.9. The van der Waals surface area contributed by atoms with E-state index in [9.17, 15) is 4.79 Å². The van der Waals surface area contributed by atoms with Crippen LogP contribution in [0.4, 0.5) is 0 Å². The molecule has 2 heteroatoms. The van der Waals surface area contributed by atoms with Crippen LogP contribution in [-0.4, -0.2) is 30.3 Å². The van der Waals surface area contributed by atoms with Gasteiger partial charge in [0.25, 0.3) is 0 Å². The third kappa shape index (κ3) is 4.72. The fourth-order valence-electron chi connectivity index (χ4n) is 2.78. The Morgan fingerprint density at radius 2 is 1.94 bits per heavy atom. The van der Waals surface area contributed by atoms with Crippen LogP contribution in [0.1, 0.15) is 66.2 Å². The van der Waals surface area contributed by atoms with Crippen molar-refractivity contribution in [1.82, 2.24) is 4.90 Å². The molecular formula is C16H31NO. The number of aldehydes is 1. The zero-order valence-electron chi connectivity index (χ0n) is 12.7. The van der Waals surface area contributed by atoms with Crippen molar-refractivity contribution in [3.05, 3.63) is 0 Å². The minimum Gasteiger partial charge on any atom is -0.303 e. The monoisotopic (exact) mass is 253 g/mol. The molecule has 0 saturated heterocycles. The Hall–Kier alpha value is -0.370. The van der Waals surface area contributed by atoms with Gasteiger partial charge in [-0.05, 0) is 38.1 Å². The number of rotatable bonds is 8. The first-order valence-electron chi connectivity index (χ1n) is 7.71. The topological polar surface area (TPSA) is 20.3 Å². The maximum absolute atomic E-state index is 11.3. The van der Waals surface area contributed by atoms with Gasteiger partial charge in [0, 0.05) is 18.0 Å². The summed E-state index contributed by atoms with van der Waals surface area (Å²) in [5.74, 6) is 0.748. The molecule has 2 nitrogen and oxygen atoms in total. The fraction of sp³-hybridized carbons (Fsp3) is 0.938.